The average molecular weight is 341 g/mol. The van der Waals surface area contributed by atoms with Crippen LogP contribution in [0.4, 0.5) is 11.8 Å². The first-order chi connectivity index (χ1) is 12.3. The number of hydrogen-bond acceptors (Lipinski definition) is 6. The molecule has 1 saturated heterocycles. The van der Waals surface area contributed by atoms with Crippen molar-refractivity contribution in [1.29, 1.82) is 0 Å². The number of anilines is 2. The molecule has 1 atom stereocenters. The molecule has 6 heteroatoms. The number of benzene rings is 1. The molecular weight excluding hydrogens is 314 g/mol. The van der Waals surface area contributed by atoms with Crippen LogP contribution in [0.25, 0.3) is 0 Å². The second-order valence-corrected chi connectivity index (χ2v) is 6.52. The third-order valence-electron chi connectivity index (χ3n) is 4.77. The zero-order valence-corrected chi connectivity index (χ0v) is 14.6. The Bertz CT molecular complexity index is 651. The topological polar surface area (TPSA) is 78.5 Å². The zero-order chi connectivity index (χ0) is 17.5. The lowest BCUT2D eigenvalue weighted by Crippen LogP contribution is -2.54. The summed E-state index contributed by atoms with van der Waals surface area (Å²) < 4.78 is 0. The number of nitrogens with zero attached hydrogens (tertiary/aromatic N) is 4. The Hall–Kier alpha value is -2.18. The number of rotatable bonds is 7. The second kappa shape index (κ2) is 8.78. The molecule has 0 spiro atoms. The molecule has 6 nitrogen and oxygen atoms in total. The van der Waals surface area contributed by atoms with Crippen LogP contribution in [-0.4, -0.2) is 58.8 Å². The maximum Gasteiger partial charge on any atom is 0.227 e. The summed E-state index contributed by atoms with van der Waals surface area (Å²) in [5.41, 5.74) is 7.16. The number of aryl methyl sites for hydroxylation is 1. The number of piperazine rings is 1. The number of nitrogen functional groups attached to an aromatic ring is 1. The Kier molecular flexibility index (Phi) is 6.19. The molecule has 2 heterocycles. The van der Waals surface area contributed by atoms with Crippen molar-refractivity contribution in [1.82, 2.24) is 14.9 Å². The van der Waals surface area contributed by atoms with Gasteiger partial charge in [-0.15, -0.1) is 0 Å². The molecule has 1 aliphatic rings. The van der Waals surface area contributed by atoms with Crippen LogP contribution < -0.4 is 10.6 Å². The number of nitrogens with two attached hydrogens (primary N) is 1. The van der Waals surface area contributed by atoms with E-state index >= 15 is 0 Å². The van der Waals surface area contributed by atoms with Crippen molar-refractivity contribution in [3.8, 4) is 0 Å². The third kappa shape index (κ3) is 4.90. The highest BCUT2D eigenvalue weighted by atomic mass is 16.3. The molecule has 1 fully saturated rings. The first kappa shape index (κ1) is 17.6. The van der Waals surface area contributed by atoms with E-state index < -0.39 is 0 Å². The molecule has 1 aliphatic heterocycles. The maximum absolute atomic E-state index is 9.44. The Morgan fingerprint density at radius 2 is 2.00 bits per heavy atom. The van der Waals surface area contributed by atoms with Crippen molar-refractivity contribution < 1.29 is 5.11 Å². The van der Waals surface area contributed by atoms with Gasteiger partial charge in [-0.1, -0.05) is 30.3 Å². The lowest BCUT2D eigenvalue weighted by molar-refractivity contribution is 0.140. The van der Waals surface area contributed by atoms with Crippen molar-refractivity contribution in [3.05, 3.63) is 48.2 Å². The van der Waals surface area contributed by atoms with Crippen LogP contribution in [0.1, 0.15) is 18.4 Å². The van der Waals surface area contributed by atoms with Crippen molar-refractivity contribution in [2.45, 2.75) is 25.3 Å². The van der Waals surface area contributed by atoms with Gasteiger partial charge in [0.05, 0.1) is 0 Å². The first-order valence-corrected chi connectivity index (χ1v) is 8.98. The van der Waals surface area contributed by atoms with Gasteiger partial charge >= 0.3 is 0 Å². The van der Waals surface area contributed by atoms with Crippen LogP contribution in [-0.2, 0) is 6.42 Å². The minimum absolute atomic E-state index is 0.200. The predicted molar refractivity (Wildman–Crippen MR) is 100 cm³/mol. The smallest absolute Gasteiger partial charge is 0.227 e. The standard InChI is InChI=1S/C19H27N5O/c20-18-8-10-21-19(22-18)24-13-12-23(17(15-24)9-14-25)11-4-7-16-5-2-1-3-6-16/h1-3,5-6,8,10,17,25H,4,7,9,11-15H2,(H2,20,21,22)/t17-/m0/s1. The van der Waals surface area contributed by atoms with E-state index in [1.807, 2.05) is 0 Å². The summed E-state index contributed by atoms with van der Waals surface area (Å²) in [5.74, 6) is 1.18. The maximum atomic E-state index is 9.44. The van der Waals surface area contributed by atoms with Crippen LogP contribution in [0, 0.1) is 0 Å². The van der Waals surface area contributed by atoms with Crippen LogP contribution in [0.5, 0.6) is 0 Å². The fraction of sp³-hybridized carbons (Fsp3) is 0.474. The monoisotopic (exact) mass is 341 g/mol. The lowest BCUT2D eigenvalue weighted by Gasteiger charge is -2.41. The van der Waals surface area contributed by atoms with Gasteiger partial charge in [0.1, 0.15) is 5.82 Å². The molecule has 25 heavy (non-hydrogen) atoms. The highest BCUT2D eigenvalue weighted by Crippen LogP contribution is 2.18. The summed E-state index contributed by atoms with van der Waals surface area (Å²) in [7, 11) is 0. The minimum Gasteiger partial charge on any atom is -0.396 e. The Morgan fingerprint density at radius 1 is 1.16 bits per heavy atom. The first-order valence-electron chi connectivity index (χ1n) is 8.98. The van der Waals surface area contributed by atoms with E-state index in [9.17, 15) is 5.11 Å². The van der Waals surface area contributed by atoms with E-state index in [0.717, 1.165) is 45.4 Å². The third-order valence-corrected chi connectivity index (χ3v) is 4.77. The lowest BCUT2D eigenvalue weighted by atomic mass is 10.1. The Balaban J connectivity index is 1.56. The van der Waals surface area contributed by atoms with E-state index in [0.29, 0.717) is 17.8 Å². The van der Waals surface area contributed by atoms with Crippen molar-refractivity contribution >= 4 is 11.8 Å². The van der Waals surface area contributed by atoms with E-state index in [2.05, 4.69) is 50.1 Å². The molecule has 3 N–H and O–H groups in total. The van der Waals surface area contributed by atoms with Crippen LogP contribution >= 0.6 is 0 Å². The summed E-state index contributed by atoms with van der Waals surface area (Å²) >= 11 is 0. The van der Waals surface area contributed by atoms with Gasteiger partial charge in [0.15, 0.2) is 0 Å². The minimum atomic E-state index is 0.200. The summed E-state index contributed by atoms with van der Waals surface area (Å²) in [6.07, 6.45) is 4.68. The van der Waals surface area contributed by atoms with Gasteiger partial charge < -0.3 is 15.7 Å². The number of hydrogen-bond donors (Lipinski definition) is 2. The number of aromatic nitrogens is 2. The molecule has 0 saturated carbocycles. The molecule has 2 aromatic rings. The number of aliphatic hydroxyl groups excluding tert-OH is 1. The summed E-state index contributed by atoms with van der Waals surface area (Å²) in [4.78, 5) is 13.3. The molecule has 0 radical (unpaired) electrons. The molecule has 0 aliphatic carbocycles. The predicted octanol–water partition coefficient (Wildman–Crippen LogP) is 1.56. The van der Waals surface area contributed by atoms with Crippen molar-refractivity contribution in [2.24, 2.45) is 0 Å². The molecular formula is C19H27N5O. The summed E-state index contributed by atoms with van der Waals surface area (Å²) in [6, 6.07) is 12.6. The van der Waals surface area contributed by atoms with Gasteiger partial charge in [-0.25, -0.2) is 4.98 Å². The molecule has 0 bridgehead atoms. The molecule has 0 unspecified atom stereocenters. The fourth-order valence-corrected chi connectivity index (χ4v) is 3.44. The fourth-order valence-electron chi connectivity index (χ4n) is 3.44. The highest BCUT2D eigenvalue weighted by molar-refractivity contribution is 5.38. The molecule has 0 amide bonds. The van der Waals surface area contributed by atoms with E-state index in [1.165, 1.54) is 5.56 Å². The van der Waals surface area contributed by atoms with Gasteiger partial charge in [-0.3, -0.25) is 4.90 Å². The van der Waals surface area contributed by atoms with Gasteiger partial charge in [0.25, 0.3) is 0 Å². The number of aliphatic hydroxyl groups is 1. The largest absolute Gasteiger partial charge is 0.396 e. The van der Waals surface area contributed by atoms with Gasteiger partial charge in [-0.2, -0.15) is 4.98 Å². The molecule has 134 valence electrons. The molecule has 1 aromatic carbocycles. The van der Waals surface area contributed by atoms with Gasteiger partial charge in [0.2, 0.25) is 5.95 Å². The van der Waals surface area contributed by atoms with Crippen molar-refractivity contribution in [2.75, 3.05) is 43.4 Å². The second-order valence-electron chi connectivity index (χ2n) is 6.52. The van der Waals surface area contributed by atoms with Crippen LogP contribution in [0.2, 0.25) is 0 Å². The van der Waals surface area contributed by atoms with E-state index in [-0.39, 0.29) is 6.61 Å². The SMILES string of the molecule is Nc1ccnc(N2CCN(CCCc3ccccc3)[C@@H](CCO)C2)n1. The Morgan fingerprint density at radius 3 is 2.76 bits per heavy atom. The van der Waals surface area contributed by atoms with Crippen molar-refractivity contribution in [3.63, 3.8) is 0 Å². The van der Waals surface area contributed by atoms with E-state index in [4.69, 9.17) is 5.73 Å². The Labute approximate surface area is 149 Å². The highest BCUT2D eigenvalue weighted by Gasteiger charge is 2.27. The molecule has 1 aromatic heterocycles. The van der Waals surface area contributed by atoms with Gasteiger partial charge in [0, 0.05) is 38.5 Å². The summed E-state index contributed by atoms with van der Waals surface area (Å²) in [5, 5.41) is 9.44. The average Bonchev–Trinajstić information content (AvgIpc) is 2.64. The van der Waals surface area contributed by atoms with Gasteiger partial charge in [-0.05, 0) is 37.4 Å². The molecule has 3 rings (SSSR count). The zero-order valence-electron chi connectivity index (χ0n) is 14.6. The quantitative estimate of drug-likeness (QED) is 0.796. The van der Waals surface area contributed by atoms with Crippen LogP contribution in [0.3, 0.4) is 0 Å². The summed E-state index contributed by atoms with van der Waals surface area (Å²) in [6.45, 7) is 3.92. The van der Waals surface area contributed by atoms with E-state index in [1.54, 1.807) is 12.3 Å². The van der Waals surface area contributed by atoms with Crippen LogP contribution in [0.15, 0.2) is 42.6 Å². The normalized spacial score (nSPS) is 18.4.